The van der Waals surface area contributed by atoms with Crippen molar-refractivity contribution in [2.24, 2.45) is 0 Å². The van der Waals surface area contributed by atoms with Crippen molar-refractivity contribution in [2.45, 2.75) is 39.5 Å². The maximum Gasteiger partial charge on any atom is 0.119 e. The van der Waals surface area contributed by atoms with Gasteiger partial charge < -0.3 is 4.74 Å². The average Bonchev–Trinajstić information content (AvgIpc) is 2.74. The molecule has 0 atom stereocenters. The number of hydrogen-bond acceptors (Lipinski definition) is 2. The zero-order valence-corrected chi connectivity index (χ0v) is 17.8. The second-order valence-electron chi connectivity index (χ2n) is 7.50. The van der Waals surface area contributed by atoms with Crippen molar-refractivity contribution in [1.82, 2.24) is 4.98 Å². The Morgan fingerprint density at radius 1 is 0.828 bits per heavy atom. The molecule has 0 aliphatic rings. The van der Waals surface area contributed by atoms with Gasteiger partial charge in [-0.2, -0.15) is 0 Å². The van der Waals surface area contributed by atoms with Crippen molar-refractivity contribution in [2.75, 3.05) is 6.61 Å². The summed E-state index contributed by atoms with van der Waals surface area (Å²) in [6, 6.07) is 20.6. The Bertz CT molecular complexity index is 1130. The van der Waals surface area contributed by atoms with Gasteiger partial charge in [-0.1, -0.05) is 68.1 Å². The number of pyridine rings is 1. The highest BCUT2D eigenvalue weighted by Crippen LogP contribution is 2.36. The quantitative estimate of drug-likeness (QED) is 0.230. The number of ether oxygens (including phenoxy) is 1. The van der Waals surface area contributed by atoms with E-state index < -0.39 is 0 Å². The van der Waals surface area contributed by atoms with E-state index in [-0.39, 0.29) is 0 Å². The largest absolute Gasteiger partial charge is 0.494 e. The van der Waals surface area contributed by atoms with Crippen LogP contribution in [0.5, 0.6) is 5.75 Å². The molecule has 4 aromatic rings. The van der Waals surface area contributed by atoms with Crippen molar-refractivity contribution in [3.05, 3.63) is 71.2 Å². The highest BCUT2D eigenvalue weighted by atomic mass is 35.5. The van der Waals surface area contributed by atoms with E-state index in [1.807, 2.05) is 18.2 Å². The van der Waals surface area contributed by atoms with Gasteiger partial charge >= 0.3 is 0 Å². The molecule has 148 valence electrons. The fourth-order valence-corrected chi connectivity index (χ4v) is 4.26. The zero-order valence-electron chi connectivity index (χ0n) is 17.0. The van der Waals surface area contributed by atoms with Crippen molar-refractivity contribution in [1.29, 1.82) is 0 Å². The maximum atomic E-state index is 6.51. The Labute approximate surface area is 177 Å². The third kappa shape index (κ3) is 4.09. The van der Waals surface area contributed by atoms with Gasteiger partial charge in [0.2, 0.25) is 0 Å². The van der Waals surface area contributed by atoms with Crippen molar-refractivity contribution < 1.29 is 4.74 Å². The summed E-state index contributed by atoms with van der Waals surface area (Å²) in [4.78, 5) is 4.86. The Morgan fingerprint density at radius 3 is 2.31 bits per heavy atom. The van der Waals surface area contributed by atoms with Gasteiger partial charge in [-0.15, -0.1) is 0 Å². The zero-order chi connectivity index (χ0) is 20.2. The van der Waals surface area contributed by atoms with Crippen LogP contribution >= 0.6 is 11.6 Å². The normalized spacial score (nSPS) is 11.3. The van der Waals surface area contributed by atoms with E-state index in [1.54, 1.807) is 0 Å². The van der Waals surface area contributed by atoms with Crippen molar-refractivity contribution in [3.8, 4) is 16.9 Å². The molecule has 0 bridgehead atoms. The first-order chi connectivity index (χ1) is 14.2. The Hall–Kier alpha value is -2.58. The topological polar surface area (TPSA) is 22.1 Å². The van der Waals surface area contributed by atoms with Crippen LogP contribution in [0.15, 0.2) is 60.7 Å². The summed E-state index contributed by atoms with van der Waals surface area (Å²) in [5.41, 5.74) is 5.42. The van der Waals surface area contributed by atoms with Gasteiger partial charge in [0.25, 0.3) is 0 Å². The van der Waals surface area contributed by atoms with Crippen LogP contribution in [0.4, 0.5) is 0 Å². The molecule has 1 heterocycles. The highest BCUT2D eigenvalue weighted by Gasteiger charge is 2.13. The molecule has 1 aromatic heterocycles. The molecular formula is C26H26ClNO. The lowest BCUT2D eigenvalue weighted by molar-refractivity contribution is 0.305. The molecule has 29 heavy (non-hydrogen) atoms. The van der Waals surface area contributed by atoms with Gasteiger partial charge in [0.15, 0.2) is 0 Å². The first-order valence-electron chi connectivity index (χ1n) is 10.4. The molecule has 3 aromatic carbocycles. The van der Waals surface area contributed by atoms with Crippen LogP contribution in [-0.2, 0) is 0 Å². The molecule has 0 N–H and O–H groups in total. The minimum Gasteiger partial charge on any atom is -0.494 e. The van der Waals surface area contributed by atoms with Crippen molar-refractivity contribution in [3.63, 3.8) is 0 Å². The summed E-state index contributed by atoms with van der Waals surface area (Å²) in [7, 11) is 0. The number of halogens is 1. The van der Waals surface area contributed by atoms with Gasteiger partial charge in [-0.05, 0) is 60.4 Å². The lowest BCUT2D eigenvalue weighted by atomic mass is 9.95. The summed E-state index contributed by atoms with van der Waals surface area (Å²) < 4.78 is 5.90. The molecule has 2 nitrogen and oxygen atoms in total. The maximum absolute atomic E-state index is 6.51. The van der Waals surface area contributed by atoms with Crippen LogP contribution in [-0.4, -0.2) is 11.6 Å². The van der Waals surface area contributed by atoms with E-state index in [4.69, 9.17) is 21.3 Å². The summed E-state index contributed by atoms with van der Waals surface area (Å²) >= 11 is 6.51. The summed E-state index contributed by atoms with van der Waals surface area (Å²) in [5, 5.41) is 2.93. The van der Waals surface area contributed by atoms with Crippen LogP contribution in [0.3, 0.4) is 0 Å². The predicted molar refractivity (Wildman–Crippen MR) is 124 cm³/mol. The average molecular weight is 404 g/mol. The molecule has 0 saturated heterocycles. The Kier molecular flexibility index (Phi) is 6.01. The molecule has 0 fully saturated rings. The first kappa shape index (κ1) is 19.7. The molecule has 0 aliphatic carbocycles. The van der Waals surface area contributed by atoms with Crippen LogP contribution in [0.1, 0.15) is 38.2 Å². The molecule has 4 rings (SSSR count). The third-order valence-corrected chi connectivity index (χ3v) is 5.77. The standard InChI is InChI=1S/C26H26ClNO/c1-3-4-5-6-17-29-20-15-13-19(14-16-20)21-9-7-11-23-25(21)18(2)26-22(27)10-8-12-24(26)28-23/h7-16H,3-6,17H2,1-2H3. The van der Waals surface area contributed by atoms with E-state index in [0.717, 1.165) is 51.2 Å². The minimum absolute atomic E-state index is 0.746. The van der Waals surface area contributed by atoms with Crippen LogP contribution < -0.4 is 4.74 Å². The van der Waals surface area contributed by atoms with E-state index in [9.17, 15) is 0 Å². The number of nitrogens with zero attached hydrogens (tertiary/aromatic N) is 1. The molecule has 0 radical (unpaired) electrons. The Morgan fingerprint density at radius 2 is 1.55 bits per heavy atom. The number of unbranched alkanes of at least 4 members (excludes halogenated alkanes) is 3. The van der Waals surface area contributed by atoms with E-state index in [2.05, 4.69) is 56.3 Å². The number of hydrogen-bond donors (Lipinski definition) is 0. The molecule has 0 amide bonds. The number of aromatic nitrogens is 1. The fourth-order valence-electron chi connectivity index (χ4n) is 3.95. The van der Waals surface area contributed by atoms with Gasteiger partial charge in [0.05, 0.1) is 22.7 Å². The Balaban J connectivity index is 1.68. The predicted octanol–water partition coefficient (Wildman–Crippen LogP) is 7.98. The summed E-state index contributed by atoms with van der Waals surface area (Å²) in [6.07, 6.45) is 4.86. The summed E-state index contributed by atoms with van der Waals surface area (Å²) in [5.74, 6) is 0.925. The first-order valence-corrected chi connectivity index (χ1v) is 10.8. The van der Waals surface area contributed by atoms with E-state index >= 15 is 0 Å². The van der Waals surface area contributed by atoms with Gasteiger partial charge in [-0.3, -0.25) is 0 Å². The fraction of sp³-hybridized carbons (Fsp3) is 0.269. The number of rotatable bonds is 7. The second-order valence-corrected chi connectivity index (χ2v) is 7.91. The van der Waals surface area contributed by atoms with Gasteiger partial charge in [0, 0.05) is 10.8 Å². The molecule has 0 aliphatic heterocycles. The van der Waals surface area contributed by atoms with Gasteiger partial charge in [0.1, 0.15) is 5.75 Å². The monoisotopic (exact) mass is 403 g/mol. The SMILES string of the molecule is CCCCCCOc1ccc(-c2cccc3nc4cccc(Cl)c4c(C)c23)cc1. The lowest BCUT2D eigenvalue weighted by Crippen LogP contribution is -1.97. The van der Waals surface area contributed by atoms with Crippen LogP contribution in [0.2, 0.25) is 5.02 Å². The third-order valence-electron chi connectivity index (χ3n) is 5.46. The lowest BCUT2D eigenvalue weighted by Gasteiger charge is -2.13. The van der Waals surface area contributed by atoms with E-state index in [1.165, 1.54) is 30.4 Å². The minimum atomic E-state index is 0.746. The second kappa shape index (κ2) is 8.84. The number of benzene rings is 3. The van der Waals surface area contributed by atoms with Crippen molar-refractivity contribution >= 4 is 33.4 Å². The number of fused-ring (bicyclic) bond motifs is 2. The molecule has 3 heteroatoms. The van der Waals surface area contributed by atoms with Crippen LogP contribution in [0, 0.1) is 6.92 Å². The van der Waals surface area contributed by atoms with Gasteiger partial charge in [-0.25, -0.2) is 4.98 Å². The number of aryl methyl sites for hydroxylation is 1. The molecular weight excluding hydrogens is 378 g/mol. The molecule has 0 saturated carbocycles. The molecule has 0 spiro atoms. The summed E-state index contributed by atoms with van der Waals surface area (Å²) in [6.45, 7) is 5.14. The van der Waals surface area contributed by atoms with Crippen LogP contribution in [0.25, 0.3) is 32.9 Å². The van der Waals surface area contributed by atoms with E-state index in [0.29, 0.717) is 0 Å². The molecule has 0 unspecified atom stereocenters. The highest BCUT2D eigenvalue weighted by molar-refractivity contribution is 6.36. The smallest absolute Gasteiger partial charge is 0.119 e.